The fraction of sp³-hybridized carbons (Fsp3) is 0.233. The Balaban J connectivity index is 1.70. The topological polar surface area (TPSA) is 154 Å². The molecule has 1 aliphatic rings. The number of carbonyl (C=O) groups excluding carboxylic acids is 4. The fourth-order valence-electron chi connectivity index (χ4n) is 4.98. The first kappa shape index (κ1) is 29.1. The summed E-state index contributed by atoms with van der Waals surface area (Å²) in [5, 5.41) is 12.2. The lowest BCUT2D eigenvalue weighted by Gasteiger charge is -2.39. The molecule has 0 amide bonds. The molecule has 220 valence electrons. The minimum absolute atomic E-state index is 0.0820. The smallest absolute Gasteiger partial charge is 0.378 e. The molecule has 2 unspecified atom stereocenters. The number of pyridine rings is 1. The summed E-state index contributed by atoms with van der Waals surface area (Å²) >= 11 is 0. The second kappa shape index (κ2) is 12.2. The van der Waals surface area contributed by atoms with Crippen LogP contribution in [0.25, 0.3) is 33.9 Å². The van der Waals surface area contributed by atoms with E-state index in [-0.39, 0.29) is 12.4 Å². The first-order valence-corrected chi connectivity index (χ1v) is 13.4. The van der Waals surface area contributed by atoms with E-state index in [0.717, 1.165) is 30.0 Å². The molecule has 3 aromatic heterocycles. The lowest BCUT2D eigenvalue weighted by Crippen LogP contribution is -2.62. The van der Waals surface area contributed by atoms with Crippen LogP contribution in [0.15, 0.2) is 77.7 Å². The van der Waals surface area contributed by atoms with Gasteiger partial charge in [-0.2, -0.15) is 14.9 Å². The Morgan fingerprint density at radius 3 is 2.28 bits per heavy atom. The molecule has 0 radical (unpaired) electrons. The minimum Gasteiger partial charge on any atom is -0.463 e. The molecule has 4 heterocycles. The third kappa shape index (κ3) is 5.45. The molecule has 1 aliphatic heterocycles. The second-order valence-corrected chi connectivity index (χ2v) is 9.58. The Hall–Kier alpha value is -5.43. The Bertz CT molecular complexity index is 1810. The molecule has 5 rings (SSSR count). The van der Waals surface area contributed by atoms with Crippen LogP contribution in [0.2, 0.25) is 0 Å². The van der Waals surface area contributed by atoms with E-state index in [1.807, 2.05) is 48.5 Å². The number of esters is 2. The van der Waals surface area contributed by atoms with Gasteiger partial charge in [-0.15, -0.1) is 0 Å². The van der Waals surface area contributed by atoms with Crippen molar-refractivity contribution in [3.63, 3.8) is 0 Å². The van der Waals surface area contributed by atoms with Crippen LogP contribution in [0.1, 0.15) is 13.3 Å². The number of hydrogen-bond donors (Lipinski definition) is 1. The summed E-state index contributed by atoms with van der Waals surface area (Å²) in [6.07, 6.45) is 2.12. The predicted molar refractivity (Wildman–Crippen MR) is 154 cm³/mol. The lowest BCUT2D eigenvalue weighted by molar-refractivity contribution is -0.157. The first-order valence-electron chi connectivity index (χ1n) is 13.4. The third-order valence-electron chi connectivity index (χ3n) is 6.93. The summed E-state index contributed by atoms with van der Waals surface area (Å²) in [5.74, 6) is -4.42. The van der Waals surface area contributed by atoms with E-state index in [0.29, 0.717) is 23.4 Å². The molecule has 0 bridgehead atoms. The van der Waals surface area contributed by atoms with Gasteiger partial charge in [-0.05, 0) is 30.7 Å². The SMILES string of the molecule is CCCN1C(C(=O)C(=O)OC)C=C(n2nc(-c3c(-c4ccccc4)nn4ccccc34)ccc2=O)NC1C(=O)C(=O)OC. The summed E-state index contributed by atoms with van der Waals surface area (Å²) < 4.78 is 12.0. The quantitative estimate of drug-likeness (QED) is 0.225. The van der Waals surface area contributed by atoms with Crippen LogP contribution >= 0.6 is 0 Å². The van der Waals surface area contributed by atoms with Crippen LogP contribution in [0.4, 0.5) is 0 Å². The maximum absolute atomic E-state index is 13.2. The van der Waals surface area contributed by atoms with Gasteiger partial charge < -0.3 is 14.8 Å². The first-order chi connectivity index (χ1) is 20.8. The number of nitrogens with one attached hydrogen (secondary N) is 1. The number of methoxy groups -OCH3 is 2. The Kier molecular flexibility index (Phi) is 8.25. The molecule has 2 atom stereocenters. The number of benzene rings is 1. The molecule has 0 saturated carbocycles. The van der Waals surface area contributed by atoms with Crippen LogP contribution in [-0.4, -0.2) is 80.8 Å². The number of Topliss-reactive ketones (excluding diaryl/α,β-unsaturated/α-hetero) is 2. The zero-order valence-electron chi connectivity index (χ0n) is 23.6. The highest BCUT2D eigenvalue weighted by molar-refractivity contribution is 6.38. The van der Waals surface area contributed by atoms with Crippen molar-refractivity contribution >= 4 is 34.8 Å². The number of ether oxygens (including phenoxy) is 2. The average molecular weight is 585 g/mol. The van der Waals surface area contributed by atoms with Crippen LogP contribution in [0, 0.1) is 0 Å². The number of fused-ring (bicyclic) bond motifs is 1. The molecule has 0 spiro atoms. The highest BCUT2D eigenvalue weighted by Crippen LogP contribution is 2.33. The van der Waals surface area contributed by atoms with E-state index in [1.54, 1.807) is 23.7 Å². The maximum Gasteiger partial charge on any atom is 0.378 e. The van der Waals surface area contributed by atoms with E-state index in [1.165, 1.54) is 17.0 Å². The number of rotatable bonds is 9. The van der Waals surface area contributed by atoms with Crippen LogP contribution in [-0.2, 0) is 28.7 Å². The number of hydrogen-bond acceptors (Lipinski definition) is 11. The molecular formula is C30H28N6O7. The van der Waals surface area contributed by atoms with Gasteiger partial charge in [0.15, 0.2) is 6.17 Å². The number of ketones is 2. The lowest BCUT2D eigenvalue weighted by atomic mass is 10.0. The van der Waals surface area contributed by atoms with E-state index in [2.05, 4.69) is 19.9 Å². The van der Waals surface area contributed by atoms with Crippen molar-refractivity contribution in [1.82, 2.24) is 29.6 Å². The molecule has 4 aromatic rings. The van der Waals surface area contributed by atoms with Gasteiger partial charge in [0.1, 0.15) is 17.6 Å². The maximum atomic E-state index is 13.2. The largest absolute Gasteiger partial charge is 0.463 e. The van der Waals surface area contributed by atoms with Crippen LogP contribution in [0.3, 0.4) is 0 Å². The molecule has 0 saturated heterocycles. The van der Waals surface area contributed by atoms with E-state index >= 15 is 0 Å². The predicted octanol–water partition coefficient (Wildman–Crippen LogP) is 1.52. The number of carbonyl (C=O) groups is 4. The van der Waals surface area contributed by atoms with Crippen molar-refractivity contribution in [3.8, 4) is 22.5 Å². The summed E-state index contributed by atoms with van der Waals surface area (Å²) in [4.78, 5) is 65.5. The summed E-state index contributed by atoms with van der Waals surface area (Å²) in [6.45, 7) is 1.94. The highest BCUT2D eigenvalue weighted by Gasteiger charge is 2.43. The number of nitrogens with zero attached hydrogens (tertiary/aromatic N) is 5. The standard InChI is InChI=1S/C30H28N6O7/c1-4-15-34-21(26(38)29(40)42-2)17-22(31-28(34)27(39)30(41)43-3)36-23(37)14-13-19(32-36)24-20-12-8-9-16-35(20)33-25(24)18-10-6-5-7-11-18/h5-14,16-17,21,28,31H,4,15H2,1-3H3. The molecular weight excluding hydrogens is 556 g/mol. The van der Waals surface area contributed by atoms with Crippen molar-refractivity contribution in [1.29, 1.82) is 0 Å². The zero-order chi connectivity index (χ0) is 30.7. The van der Waals surface area contributed by atoms with Crippen molar-refractivity contribution in [2.45, 2.75) is 25.6 Å². The van der Waals surface area contributed by atoms with Crippen molar-refractivity contribution in [2.75, 3.05) is 20.8 Å². The summed E-state index contributed by atoms with van der Waals surface area (Å²) in [7, 11) is 2.11. The van der Waals surface area contributed by atoms with Crippen molar-refractivity contribution < 1.29 is 28.7 Å². The molecule has 0 fully saturated rings. The van der Waals surface area contributed by atoms with Gasteiger partial charge in [0, 0.05) is 24.4 Å². The fourth-order valence-corrected chi connectivity index (χ4v) is 4.98. The molecule has 0 aliphatic carbocycles. The molecule has 1 aromatic carbocycles. The zero-order valence-corrected chi connectivity index (χ0v) is 23.6. The molecule has 13 nitrogen and oxygen atoms in total. The molecule has 13 heteroatoms. The van der Waals surface area contributed by atoms with Crippen LogP contribution in [0.5, 0.6) is 0 Å². The molecule has 1 N–H and O–H groups in total. The van der Waals surface area contributed by atoms with Gasteiger partial charge in [0.05, 0.1) is 31.0 Å². The van der Waals surface area contributed by atoms with Gasteiger partial charge in [0.25, 0.3) is 17.1 Å². The number of aromatic nitrogens is 4. The Morgan fingerprint density at radius 2 is 1.58 bits per heavy atom. The van der Waals surface area contributed by atoms with E-state index in [4.69, 9.17) is 5.10 Å². The monoisotopic (exact) mass is 584 g/mol. The second-order valence-electron chi connectivity index (χ2n) is 9.58. The van der Waals surface area contributed by atoms with Gasteiger partial charge >= 0.3 is 11.9 Å². The van der Waals surface area contributed by atoms with Gasteiger partial charge in [-0.3, -0.25) is 19.3 Å². The summed E-state index contributed by atoms with van der Waals surface area (Å²) in [5.41, 5.74) is 2.55. The highest BCUT2D eigenvalue weighted by atomic mass is 16.5. The van der Waals surface area contributed by atoms with E-state index < -0.39 is 41.3 Å². The Labute approximate surface area is 245 Å². The molecule has 43 heavy (non-hydrogen) atoms. The van der Waals surface area contributed by atoms with Crippen molar-refractivity contribution in [2.24, 2.45) is 0 Å². The van der Waals surface area contributed by atoms with Gasteiger partial charge in [0.2, 0.25) is 0 Å². The van der Waals surface area contributed by atoms with Crippen molar-refractivity contribution in [3.05, 3.63) is 83.3 Å². The normalized spacial score (nSPS) is 16.7. The van der Waals surface area contributed by atoms with Gasteiger partial charge in [-0.25, -0.2) is 14.1 Å². The Morgan fingerprint density at radius 1 is 0.884 bits per heavy atom. The average Bonchev–Trinajstić information content (AvgIpc) is 3.44. The summed E-state index contributed by atoms with van der Waals surface area (Å²) in [6, 6.07) is 16.5. The van der Waals surface area contributed by atoms with Crippen LogP contribution < -0.4 is 10.9 Å². The minimum atomic E-state index is -1.44. The van der Waals surface area contributed by atoms with Gasteiger partial charge in [-0.1, -0.05) is 43.3 Å². The third-order valence-corrected chi connectivity index (χ3v) is 6.93. The van der Waals surface area contributed by atoms with E-state index in [9.17, 15) is 24.0 Å².